The Morgan fingerprint density at radius 2 is 1.80 bits per heavy atom. The van der Waals surface area contributed by atoms with Gasteiger partial charge in [0, 0.05) is 47.8 Å². The van der Waals surface area contributed by atoms with Crippen LogP contribution in [-0.4, -0.2) is 46.1 Å². The molecule has 0 amide bonds. The molecular weight excluding hydrogens is 481 g/mol. The van der Waals surface area contributed by atoms with Crippen LogP contribution < -0.4 is 10.1 Å². The van der Waals surface area contributed by atoms with Crippen molar-refractivity contribution in [2.45, 2.75) is 32.4 Å². The van der Waals surface area contributed by atoms with Crippen LogP contribution >= 0.6 is 23.2 Å². The SMILES string of the molecule is COc1nccc(-c2ccc3nc(NC4CCN(Cc5ccc(Cl)cc5)CC4)nc(C)c3c2)c1Cl. The third kappa shape index (κ3) is 5.35. The van der Waals surface area contributed by atoms with Gasteiger partial charge < -0.3 is 10.1 Å². The van der Waals surface area contributed by atoms with Gasteiger partial charge in [-0.1, -0.05) is 41.4 Å². The number of hydrogen-bond acceptors (Lipinski definition) is 6. The molecule has 2 aromatic heterocycles. The van der Waals surface area contributed by atoms with Gasteiger partial charge in [-0.05, 0) is 61.2 Å². The van der Waals surface area contributed by atoms with Crippen molar-refractivity contribution < 1.29 is 4.74 Å². The minimum atomic E-state index is 0.357. The zero-order chi connectivity index (χ0) is 24.4. The highest BCUT2D eigenvalue weighted by Crippen LogP contribution is 2.35. The number of fused-ring (bicyclic) bond motifs is 1. The fourth-order valence-electron chi connectivity index (χ4n) is 4.57. The van der Waals surface area contributed by atoms with Gasteiger partial charge in [-0.25, -0.2) is 15.0 Å². The van der Waals surface area contributed by atoms with Gasteiger partial charge in [-0.2, -0.15) is 0 Å². The molecule has 0 unspecified atom stereocenters. The summed E-state index contributed by atoms with van der Waals surface area (Å²) >= 11 is 12.5. The maximum Gasteiger partial charge on any atom is 0.232 e. The first-order valence-corrected chi connectivity index (χ1v) is 12.5. The zero-order valence-electron chi connectivity index (χ0n) is 19.8. The van der Waals surface area contributed by atoms with Crippen molar-refractivity contribution in [3.05, 3.63) is 76.0 Å². The predicted molar refractivity (Wildman–Crippen MR) is 142 cm³/mol. The number of hydrogen-bond donors (Lipinski definition) is 1. The normalized spacial score (nSPS) is 14.9. The average molecular weight is 508 g/mol. The van der Waals surface area contributed by atoms with E-state index < -0.39 is 0 Å². The van der Waals surface area contributed by atoms with Crippen LogP contribution in [0.5, 0.6) is 5.88 Å². The van der Waals surface area contributed by atoms with Gasteiger partial charge in [0.2, 0.25) is 11.8 Å². The Bertz CT molecular complexity index is 1340. The molecule has 2 aromatic carbocycles. The minimum absolute atomic E-state index is 0.357. The molecule has 4 aromatic rings. The van der Waals surface area contributed by atoms with Gasteiger partial charge in [-0.15, -0.1) is 0 Å². The molecule has 0 bridgehead atoms. The standard InChI is InChI=1S/C27H27Cl2N5O/c1-17-23-15-19(22-9-12-30-26(35-2)25(22)29)5-8-24(23)33-27(31-17)32-21-10-13-34(14-11-21)16-18-3-6-20(28)7-4-18/h3-9,12,15,21H,10-11,13-14,16H2,1-2H3,(H,31,32,33). The number of rotatable bonds is 6. The first-order valence-electron chi connectivity index (χ1n) is 11.7. The Morgan fingerprint density at radius 1 is 1.03 bits per heavy atom. The summed E-state index contributed by atoms with van der Waals surface area (Å²) in [5.74, 6) is 1.10. The number of aryl methyl sites for hydroxylation is 1. The van der Waals surface area contributed by atoms with Crippen LogP contribution in [0.1, 0.15) is 24.1 Å². The number of ether oxygens (including phenoxy) is 1. The van der Waals surface area contributed by atoms with Crippen LogP contribution in [0.15, 0.2) is 54.7 Å². The van der Waals surface area contributed by atoms with Crippen molar-refractivity contribution in [3.8, 4) is 17.0 Å². The van der Waals surface area contributed by atoms with Crippen LogP contribution in [0.4, 0.5) is 5.95 Å². The molecule has 1 aliphatic rings. The molecule has 1 saturated heterocycles. The van der Waals surface area contributed by atoms with E-state index in [1.807, 2.05) is 37.3 Å². The molecular formula is C27H27Cl2N5O. The summed E-state index contributed by atoms with van der Waals surface area (Å²) in [6.45, 7) is 5.03. The number of methoxy groups -OCH3 is 1. The van der Waals surface area contributed by atoms with Gasteiger partial charge in [-0.3, -0.25) is 4.90 Å². The Kier molecular flexibility index (Phi) is 7.04. The molecule has 0 spiro atoms. The van der Waals surface area contributed by atoms with E-state index in [4.69, 9.17) is 37.9 Å². The van der Waals surface area contributed by atoms with E-state index in [-0.39, 0.29) is 0 Å². The molecule has 35 heavy (non-hydrogen) atoms. The smallest absolute Gasteiger partial charge is 0.232 e. The fraction of sp³-hybridized carbons (Fsp3) is 0.296. The number of halogens is 2. The van der Waals surface area contributed by atoms with Crippen molar-refractivity contribution in [1.82, 2.24) is 19.9 Å². The third-order valence-electron chi connectivity index (χ3n) is 6.49. The number of nitrogens with one attached hydrogen (secondary N) is 1. The van der Waals surface area contributed by atoms with Crippen LogP contribution in [0.25, 0.3) is 22.0 Å². The van der Waals surface area contributed by atoms with Crippen LogP contribution in [-0.2, 0) is 6.54 Å². The van der Waals surface area contributed by atoms with Gasteiger partial charge in [0.15, 0.2) is 0 Å². The van der Waals surface area contributed by atoms with Gasteiger partial charge in [0.05, 0.1) is 18.3 Å². The highest BCUT2D eigenvalue weighted by Gasteiger charge is 2.20. The van der Waals surface area contributed by atoms with E-state index in [9.17, 15) is 0 Å². The van der Waals surface area contributed by atoms with Crippen LogP contribution in [0.2, 0.25) is 10.0 Å². The van der Waals surface area contributed by atoms with Crippen molar-refractivity contribution in [2.75, 3.05) is 25.5 Å². The van der Waals surface area contributed by atoms with E-state index in [0.717, 1.165) is 65.2 Å². The van der Waals surface area contributed by atoms with Crippen LogP contribution in [0.3, 0.4) is 0 Å². The number of aromatic nitrogens is 3. The van der Waals surface area contributed by atoms with E-state index in [2.05, 4.69) is 33.4 Å². The van der Waals surface area contributed by atoms with E-state index in [1.54, 1.807) is 13.3 Å². The van der Waals surface area contributed by atoms with Crippen molar-refractivity contribution in [3.63, 3.8) is 0 Å². The molecule has 3 heterocycles. The molecule has 1 aliphatic heterocycles. The minimum Gasteiger partial charge on any atom is -0.480 e. The summed E-state index contributed by atoms with van der Waals surface area (Å²) in [5, 5.41) is 5.83. The van der Waals surface area contributed by atoms with E-state index in [1.165, 1.54) is 5.56 Å². The summed E-state index contributed by atoms with van der Waals surface area (Å²) in [7, 11) is 1.56. The number of piperidine rings is 1. The fourth-order valence-corrected chi connectivity index (χ4v) is 4.99. The summed E-state index contributed by atoms with van der Waals surface area (Å²) < 4.78 is 5.26. The molecule has 6 nitrogen and oxygen atoms in total. The monoisotopic (exact) mass is 507 g/mol. The molecule has 5 rings (SSSR count). The first-order chi connectivity index (χ1) is 17.0. The number of nitrogens with zero attached hydrogens (tertiary/aromatic N) is 4. The van der Waals surface area contributed by atoms with Gasteiger partial charge >= 0.3 is 0 Å². The number of pyridine rings is 1. The summed E-state index contributed by atoms with van der Waals surface area (Å²) in [6, 6.07) is 16.5. The van der Waals surface area contributed by atoms with E-state index >= 15 is 0 Å². The highest BCUT2D eigenvalue weighted by molar-refractivity contribution is 6.34. The first kappa shape index (κ1) is 23.8. The molecule has 1 N–H and O–H groups in total. The van der Waals surface area contributed by atoms with E-state index in [0.29, 0.717) is 22.9 Å². The maximum absolute atomic E-state index is 6.49. The third-order valence-corrected chi connectivity index (χ3v) is 7.11. The lowest BCUT2D eigenvalue weighted by molar-refractivity contribution is 0.211. The van der Waals surface area contributed by atoms with Gasteiger partial charge in [0.25, 0.3) is 0 Å². The number of likely N-dealkylation sites (tertiary alicyclic amines) is 1. The van der Waals surface area contributed by atoms with Crippen molar-refractivity contribution in [1.29, 1.82) is 0 Å². The Morgan fingerprint density at radius 3 is 2.54 bits per heavy atom. The molecule has 0 radical (unpaired) electrons. The molecule has 0 aliphatic carbocycles. The number of benzene rings is 2. The lowest BCUT2D eigenvalue weighted by Gasteiger charge is -2.32. The summed E-state index contributed by atoms with van der Waals surface area (Å²) in [6.07, 6.45) is 3.80. The van der Waals surface area contributed by atoms with Crippen molar-refractivity contribution in [2.24, 2.45) is 0 Å². The maximum atomic E-state index is 6.49. The second-order valence-electron chi connectivity index (χ2n) is 8.87. The van der Waals surface area contributed by atoms with Crippen LogP contribution in [0, 0.1) is 6.92 Å². The molecule has 0 atom stereocenters. The number of anilines is 1. The highest BCUT2D eigenvalue weighted by atomic mass is 35.5. The lowest BCUT2D eigenvalue weighted by Crippen LogP contribution is -2.39. The Balaban J connectivity index is 1.27. The molecule has 0 saturated carbocycles. The van der Waals surface area contributed by atoms with Gasteiger partial charge in [0.1, 0.15) is 5.02 Å². The lowest BCUT2D eigenvalue weighted by atomic mass is 10.0. The van der Waals surface area contributed by atoms with Crippen molar-refractivity contribution >= 4 is 40.1 Å². The molecule has 8 heteroatoms. The Hall–Kier alpha value is -2.93. The summed E-state index contributed by atoms with van der Waals surface area (Å²) in [5.41, 5.74) is 4.97. The zero-order valence-corrected chi connectivity index (χ0v) is 21.3. The molecule has 180 valence electrons. The quantitative estimate of drug-likeness (QED) is 0.326. The predicted octanol–water partition coefficient (Wildman–Crippen LogP) is 6.39. The molecule has 1 fully saturated rings. The largest absolute Gasteiger partial charge is 0.480 e. The average Bonchev–Trinajstić information content (AvgIpc) is 2.87. The topological polar surface area (TPSA) is 63.2 Å². The summed E-state index contributed by atoms with van der Waals surface area (Å²) in [4.78, 5) is 16.2. The second kappa shape index (κ2) is 10.4. The second-order valence-corrected chi connectivity index (χ2v) is 9.68. The Labute approximate surface area is 215 Å².